The zero-order chi connectivity index (χ0) is 14.8. The Kier molecular flexibility index (Phi) is 4.11. The number of morpholine rings is 1. The lowest BCUT2D eigenvalue weighted by Crippen LogP contribution is -2.43. The molecule has 0 saturated carbocycles. The first-order valence-corrected chi connectivity index (χ1v) is 7.84. The van der Waals surface area contributed by atoms with E-state index in [1.54, 1.807) is 0 Å². The van der Waals surface area contributed by atoms with E-state index in [2.05, 4.69) is 27.5 Å². The molecule has 0 spiro atoms. The molecule has 21 heavy (non-hydrogen) atoms. The summed E-state index contributed by atoms with van der Waals surface area (Å²) in [6.07, 6.45) is 0.109. The standard InChI is InChI=1S/C15H14ClN3OS/c1-10-8-19(15-12(7-17)14(16)18-21-15)13(9-20-10)11-5-3-2-4-6-11/h2-6,10,13H,8-9H2,1H3. The Bertz CT molecular complexity index is 667. The summed E-state index contributed by atoms with van der Waals surface area (Å²) in [7, 11) is 0. The van der Waals surface area contributed by atoms with Crippen molar-refractivity contribution in [1.29, 1.82) is 5.26 Å². The average molecular weight is 320 g/mol. The molecule has 2 atom stereocenters. The molecule has 4 nitrogen and oxygen atoms in total. The SMILES string of the molecule is CC1CN(c2snc(Cl)c2C#N)C(c2ccccc2)CO1. The Hall–Kier alpha value is -1.61. The number of ether oxygens (including phenoxy) is 1. The van der Waals surface area contributed by atoms with Crippen LogP contribution in [0.5, 0.6) is 0 Å². The smallest absolute Gasteiger partial charge is 0.162 e. The monoisotopic (exact) mass is 319 g/mol. The van der Waals surface area contributed by atoms with Crippen LogP contribution in [0.15, 0.2) is 30.3 Å². The molecule has 0 radical (unpaired) electrons. The minimum absolute atomic E-state index is 0.0750. The van der Waals surface area contributed by atoms with Crippen molar-refractivity contribution in [3.8, 4) is 6.07 Å². The highest BCUT2D eigenvalue weighted by molar-refractivity contribution is 7.10. The molecule has 108 valence electrons. The van der Waals surface area contributed by atoms with Gasteiger partial charge in [-0.1, -0.05) is 41.9 Å². The third kappa shape index (κ3) is 2.75. The van der Waals surface area contributed by atoms with Crippen molar-refractivity contribution in [3.63, 3.8) is 0 Å². The minimum Gasteiger partial charge on any atom is -0.374 e. The summed E-state index contributed by atoms with van der Waals surface area (Å²) in [5.74, 6) is 0. The lowest BCUT2D eigenvalue weighted by atomic mass is 10.0. The van der Waals surface area contributed by atoms with Crippen LogP contribution in [-0.4, -0.2) is 23.6 Å². The first-order valence-electron chi connectivity index (χ1n) is 6.69. The number of benzene rings is 1. The number of hydrogen-bond acceptors (Lipinski definition) is 5. The summed E-state index contributed by atoms with van der Waals surface area (Å²) >= 11 is 7.29. The molecule has 0 N–H and O–H groups in total. The number of nitrogens with zero attached hydrogens (tertiary/aromatic N) is 3. The van der Waals surface area contributed by atoms with Crippen molar-refractivity contribution >= 4 is 28.1 Å². The van der Waals surface area contributed by atoms with Crippen LogP contribution in [0.4, 0.5) is 5.00 Å². The van der Waals surface area contributed by atoms with Gasteiger partial charge in [0.15, 0.2) is 5.15 Å². The fourth-order valence-corrected chi connectivity index (χ4v) is 3.62. The molecule has 3 rings (SSSR count). The van der Waals surface area contributed by atoms with Gasteiger partial charge in [0.2, 0.25) is 0 Å². The van der Waals surface area contributed by atoms with Crippen LogP contribution in [-0.2, 0) is 4.74 Å². The first kappa shape index (κ1) is 14.3. The molecule has 1 aromatic heterocycles. The molecule has 0 amide bonds. The maximum absolute atomic E-state index is 9.32. The van der Waals surface area contributed by atoms with Gasteiger partial charge in [-0.05, 0) is 24.0 Å². The van der Waals surface area contributed by atoms with Crippen LogP contribution in [0.1, 0.15) is 24.1 Å². The van der Waals surface area contributed by atoms with Gasteiger partial charge in [0.1, 0.15) is 16.6 Å². The lowest BCUT2D eigenvalue weighted by Gasteiger charge is -2.39. The zero-order valence-corrected chi connectivity index (χ0v) is 13.1. The van der Waals surface area contributed by atoms with Crippen molar-refractivity contribution < 1.29 is 4.74 Å². The Balaban J connectivity index is 2.01. The quantitative estimate of drug-likeness (QED) is 0.848. The fraction of sp³-hybridized carbons (Fsp3) is 0.333. The molecule has 1 aromatic carbocycles. The Morgan fingerprint density at radius 3 is 2.90 bits per heavy atom. The number of anilines is 1. The van der Waals surface area contributed by atoms with Gasteiger partial charge in [-0.25, -0.2) is 0 Å². The molecule has 1 aliphatic rings. The highest BCUT2D eigenvalue weighted by Gasteiger charge is 2.31. The van der Waals surface area contributed by atoms with Crippen molar-refractivity contribution in [2.75, 3.05) is 18.1 Å². The lowest BCUT2D eigenvalue weighted by molar-refractivity contribution is 0.0306. The van der Waals surface area contributed by atoms with Crippen LogP contribution >= 0.6 is 23.1 Å². The van der Waals surface area contributed by atoms with E-state index in [1.165, 1.54) is 11.5 Å². The number of hydrogen-bond donors (Lipinski definition) is 0. The molecule has 2 unspecified atom stereocenters. The molecule has 2 aromatic rings. The second-order valence-corrected chi connectivity index (χ2v) is 6.10. The van der Waals surface area contributed by atoms with Gasteiger partial charge in [-0.15, -0.1) is 0 Å². The molecule has 0 aliphatic carbocycles. The van der Waals surface area contributed by atoms with E-state index in [0.717, 1.165) is 10.6 Å². The summed E-state index contributed by atoms with van der Waals surface area (Å²) in [4.78, 5) is 2.19. The number of rotatable bonds is 2. The van der Waals surface area contributed by atoms with E-state index >= 15 is 0 Å². The van der Waals surface area contributed by atoms with E-state index in [0.29, 0.717) is 18.7 Å². The van der Waals surface area contributed by atoms with E-state index in [1.807, 2.05) is 25.1 Å². The summed E-state index contributed by atoms with van der Waals surface area (Å²) in [5.41, 5.74) is 1.62. The normalized spacial score (nSPS) is 22.0. The molecule has 6 heteroatoms. The fourth-order valence-electron chi connectivity index (χ4n) is 2.53. The summed E-state index contributed by atoms with van der Waals surface area (Å²) in [6, 6.07) is 12.4. The van der Waals surface area contributed by atoms with Gasteiger partial charge < -0.3 is 9.64 Å². The number of aromatic nitrogens is 1. The second kappa shape index (κ2) is 6.02. The molecule has 1 fully saturated rings. The zero-order valence-electron chi connectivity index (χ0n) is 11.5. The van der Waals surface area contributed by atoms with Crippen molar-refractivity contribution in [2.45, 2.75) is 19.1 Å². The topological polar surface area (TPSA) is 49.2 Å². The minimum atomic E-state index is 0.0750. The molecule has 1 aliphatic heterocycles. The average Bonchev–Trinajstić information content (AvgIpc) is 2.88. The van der Waals surface area contributed by atoms with E-state index in [9.17, 15) is 5.26 Å². The van der Waals surface area contributed by atoms with E-state index in [4.69, 9.17) is 16.3 Å². The Morgan fingerprint density at radius 1 is 1.43 bits per heavy atom. The van der Waals surface area contributed by atoms with E-state index < -0.39 is 0 Å². The summed E-state index contributed by atoms with van der Waals surface area (Å²) in [6.45, 7) is 3.33. The predicted molar refractivity (Wildman–Crippen MR) is 83.8 cm³/mol. The Morgan fingerprint density at radius 2 is 2.19 bits per heavy atom. The van der Waals surface area contributed by atoms with Crippen LogP contribution in [0.25, 0.3) is 0 Å². The maximum atomic E-state index is 9.32. The molecule has 0 bridgehead atoms. The highest BCUT2D eigenvalue weighted by Crippen LogP contribution is 2.38. The summed E-state index contributed by atoms with van der Waals surface area (Å²) < 4.78 is 9.92. The number of nitriles is 1. The highest BCUT2D eigenvalue weighted by atomic mass is 35.5. The molecular formula is C15H14ClN3OS. The third-order valence-corrected chi connectivity index (χ3v) is 4.82. The first-order chi connectivity index (χ1) is 10.2. The van der Waals surface area contributed by atoms with Gasteiger partial charge in [-0.3, -0.25) is 0 Å². The van der Waals surface area contributed by atoms with Crippen molar-refractivity contribution in [2.24, 2.45) is 0 Å². The Labute approximate surface area is 132 Å². The second-order valence-electron chi connectivity index (χ2n) is 4.99. The molecule has 2 heterocycles. The number of halogens is 1. The molecule has 1 saturated heterocycles. The van der Waals surface area contributed by atoms with Gasteiger partial charge in [0.25, 0.3) is 0 Å². The van der Waals surface area contributed by atoms with Gasteiger partial charge >= 0.3 is 0 Å². The van der Waals surface area contributed by atoms with Crippen molar-refractivity contribution in [3.05, 3.63) is 46.6 Å². The van der Waals surface area contributed by atoms with Gasteiger partial charge in [0, 0.05) is 6.54 Å². The van der Waals surface area contributed by atoms with Crippen molar-refractivity contribution in [1.82, 2.24) is 4.37 Å². The van der Waals surface area contributed by atoms with Crippen LogP contribution < -0.4 is 4.90 Å². The van der Waals surface area contributed by atoms with Gasteiger partial charge in [-0.2, -0.15) is 9.64 Å². The van der Waals surface area contributed by atoms with Gasteiger partial charge in [0.05, 0.1) is 18.8 Å². The maximum Gasteiger partial charge on any atom is 0.162 e. The summed E-state index contributed by atoms with van der Waals surface area (Å²) in [5, 5.41) is 10.4. The van der Waals surface area contributed by atoms with Crippen LogP contribution in [0.3, 0.4) is 0 Å². The largest absolute Gasteiger partial charge is 0.374 e. The molecular weight excluding hydrogens is 306 g/mol. The predicted octanol–water partition coefficient (Wildman–Crippen LogP) is 3.63. The third-order valence-electron chi connectivity index (χ3n) is 3.56. The van der Waals surface area contributed by atoms with Crippen LogP contribution in [0, 0.1) is 11.3 Å². The van der Waals surface area contributed by atoms with Crippen LogP contribution in [0.2, 0.25) is 5.15 Å². The van der Waals surface area contributed by atoms with E-state index in [-0.39, 0.29) is 17.3 Å².